The fraction of sp³-hybridized carbons (Fsp3) is 0.250. The molecule has 1 aliphatic heterocycles. The molecule has 0 spiro atoms. The summed E-state index contributed by atoms with van der Waals surface area (Å²) in [5.41, 5.74) is -0.0370. The van der Waals surface area contributed by atoms with Crippen LogP contribution in [0.4, 0.5) is 10.1 Å². The van der Waals surface area contributed by atoms with E-state index in [2.05, 4.69) is 0 Å². The maximum absolute atomic E-state index is 13.7. The van der Waals surface area contributed by atoms with Crippen molar-refractivity contribution in [2.45, 2.75) is 17.0 Å². The van der Waals surface area contributed by atoms with Gasteiger partial charge in [0.15, 0.2) is 9.84 Å². The number of nitrogens with zero attached hydrogens (tertiary/aromatic N) is 1. The van der Waals surface area contributed by atoms with Gasteiger partial charge >= 0.3 is 0 Å². The molecule has 1 saturated heterocycles. The van der Waals surface area contributed by atoms with E-state index in [0.717, 1.165) is 16.4 Å². The minimum absolute atomic E-state index is 0.0370. The SMILES string of the molecule is O=S1(=O)CC(O)C(N(c2cccc(F)c2)S(=O)(=O)c2ccccc2)C1. The molecule has 0 aromatic heterocycles. The molecule has 0 amide bonds. The van der Waals surface area contributed by atoms with Crippen molar-refractivity contribution in [3.8, 4) is 0 Å². The Morgan fingerprint density at radius 1 is 1.04 bits per heavy atom. The highest BCUT2D eigenvalue weighted by Gasteiger charge is 2.45. The van der Waals surface area contributed by atoms with Crippen LogP contribution in [0, 0.1) is 5.82 Å². The van der Waals surface area contributed by atoms with Gasteiger partial charge < -0.3 is 5.11 Å². The van der Waals surface area contributed by atoms with Gasteiger partial charge in [0, 0.05) is 0 Å². The Balaban J connectivity index is 2.17. The molecule has 2 atom stereocenters. The second-order valence-electron chi connectivity index (χ2n) is 5.81. The maximum Gasteiger partial charge on any atom is 0.264 e. The summed E-state index contributed by atoms with van der Waals surface area (Å²) in [6.07, 6.45) is -1.40. The number of aliphatic hydroxyl groups is 1. The summed E-state index contributed by atoms with van der Waals surface area (Å²) in [6.45, 7) is 0. The van der Waals surface area contributed by atoms with E-state index in [4.69, 9.17) is 0 Å². The number of sulfonamides is 1. The number of halogens is 1. The molecular formula is C16H16FNO5S2. The Bertz CT molecular complexity index is 977. The fourth-order valence-corrected chi connectivity index (χ4v) is 6.42. The van der Waals surface area contributed by atoms with Crippen molar-refractivity contribution in [1.29, 1.82) is 0 Å². The van der Waals surface area contributed by atoms with Crippen LogP contribution >= 0.6 is 0 Å². The second-order valence-corrected chi connectivity index (χ2v) is 9.77. The molecule has 3 rings (SSSR count). The van der Waals surface area contributed by atoms with Crippen LogP contribution in [0.2, 0.25) is 0 Å². The minimum atomic E-state index is -4.20. The molecule has 0 saturated carbocycles. The van der Waals surface area contributed by atoms with E-state index in [0.29, 0.717) is 0 Å². The van der Waals surface area contributed by atoms with Crippen LogP contribution in [0.1, 0.15) is 0 Å². The van der Waals surface area contributed by atoms with Crippen LogP contribution in [0.25, 0.3) is 0 Å². The summed E-state index contributed by atoms with van der Waals surface area (Å²) in [5, 5.41) is 10.2. The monoisotopic (exact) mass is 385 g/mol. The van der Waals surface area contributed by atoms with Gasteiger partial charge in [0.2, 0.25) is 0 Å². The molecule has 1 heterocycles. The number of anilines is 1. The summed E-state index contributed by atoms with van der Waals surface area (Å²) in [5.74, 6) is -1.73. The number of rotatable bonds is 4. The standard InChI is InChI=1S/C16H16FNO5S2/c17-12-5-4-6-13(9-12)18(15-10-24(20,21)11-16(15)19)25(22,23)14-7-2-1-3-8-14/h1-9,15-16,19H,10-11H2. The van der Waals surface area contributed by atoms with E-state index in [1.165, 1.54) is 36.4 Å². The van der Waals surface area contributed by atoms with Crippen molar-refractivity contribution >= 4 is 25.5 Å². The van der Waals surface area contributed by atoms with Gasteiger partial charge in [-0.2, -0.15) is 0 Å². The summed E-state index contributed by atoms with van der Waals surface area (Å²) in [6, 6.07) is 11.0. The Kier molecular flexibility index (Phi) is 4.56. The lowest BCUT2D eigenvalue weighted by Crippen LogP contribution is -2.47. The molecule has 25 heavy (non-hydrogen) atoms. The van der Waals surface area contributed by atoms with Crippen molar-refractivity contribution < 1.29 is 26.3 Å². The van der Waals surface area contributed by atoms with Crippen LogP contribution in [0.5, 0.6) is 0 Å². The van der Waals surface area contributed by atoms with Crippen LogP contribution in [0.15, 0.2) is 59.5 Å². The Labute approximate surface area is 145 Å². The van der Waals surface area contributed by atoms with Crippen LogP contribution in [0.3, 0.4) is 0 Å². The average Bonchev–Trinajstić information content (AvgIpc) is 2.81. The molecule has 6 nitrogen and oxygen atoms in total. The third-order valence-corrected chi connectivity index (χ3v) is 7.52. The maximum atomic E-state index is 13.7. The van der Waals surface area contributed by atoms with E-state index in [1.54, 1.807) is 6.07 Å². The summed E-state index contributed by atoms with van der Waals surface area (Å²) >= 11 is 0. The first-order valence-electron chi connectivity index (χ1n) is 7.44. The average molecular weight is 385 g/mol. The van der Waals surface area contributed by atoms with E-state index < -0.39 is 49.3 Å². The number of sulfone groups is 1. The molecule has 9 heteroatoms. The highest BCUT2D eigenvalue weighted by molar-refractivity contribution is 7.93. The van der Waals surface area contributed by atoms with Crippen molar-refractivity contribution in [3.05, 3.63) is 60.4 Å². The van der Waals surface area contributed by atoms with E-state index in [9.17, 15) is 26.3 Å². The second kappa shape index (κ2) is 6.40. The molecule has 0 radical (unpaired) electrons. The smallest absolute Gasteiger partial charge is 0.264 e. The summed E-state index contributed by atoms with van der Waals surface area (Å²) in [7, 11) is -7.80. The first-order chi connectivity index (χ1) is 11.7. The first kappa shape index (κ1) is 17.8. The number of aliphatic hydroxyl groups excluding tert-OH is 1. The van der Waals surface area contributed by atoms with Crippen LogP contribution in [-0.4, -0.2) is 45.6 Å². The lowest BCUT2D eigenvalue weighted by atomic mass is 10.2. The predicted octanol–water partition coefficient (Wildman–Crippen LogP) is 1.18. The van der Waals surface area contributed by atoms with E-state index >= 15 is 0 Å². The van der Waals surface area contributed by atoms with Gasteiger partial charge in [-0.3, -0.25) is 4.31 Å². The zero-order valence-electron chi connectivity index (χ0n) is 13.0. The van der Waals surface area contributed by atoms with Gasteiger partial charge in [0.05, 0.1) is 34.2 Å². The van der Waals surface area contributed by atoms with Crippen molar-refractivity contribution in [2.24, 2.45) is 0 Å². The molecule has 2 unspecified atom stereocenters. The third kappa shape index (κ3) is 3.53. The first-order valence-corrected chi connectivity index (χ1v) is 10.7. The largest absolute Gasteiger partial charge is 0.390 e. The predicted molar refractivity (Wildman–Crippen MR) is 91.0 cm³/mol. The quantitative estimate of drug-likeness (QED) is 0.853. The van der Waals surface area contributed by atoms with Gasteiger partial charge in [0.1, 0.15) is 5.82 Å². The number of hydrogen-bond donors (Lipinski definition) is 1. The van der Waals surface area contributed by atoms with Gasteiger partial charge in [0.25, 0.3) is 10.0 Å². The molecule has 134 valence electrons. The Hall–Kier alpha value is -1.97. The lowest BCUT2D eigenvalue weighted by molar-refractivity contribution is 0.184. The zero-order chi connectivity index (χ0) is 18.2. The zero-order valence-corrected chi connectivity index (χ0v) is 14.6. The highest BCUT2D eigenvalue weighted by Crippen LogP contribution is 2.31. The molecule has 2 aromatic rings. The topological polar surface area (TPSA) is 91.8 Å². The number of benzene rings is 2. The molecule has 0 aliphatic carbocycles. The summed E-state index contributed by atoms with van der Waals surface area (Å²) < 4.78 is 64.4. The minimum Gasteiger partial charge on any atom is -0.390 e. The van der Waals surface area contributed by atoms with Gasteiger partial charge in [-0.1, -0.05) is 24.3 Å². The van der Waals surface area contributed by atoms with Gasteiger partial charge in [-0.05, 0) is 30.3 Å². The molecular weight excluding hydrogens is 369 g/mol. The molecule has 1 fully saturated rings. The van der Waals surface area contributed by atoms with Crippen molar-refractivity contribution in [3.63, 3.8) is 0 Å². The van der Waals surface area contributed by atoms with Crippen molar-refractivity contribution in [1.82, 2.24) is 0 Å². The lowest BCUT2D eigenvalue weighted by Gasteiger charge is -2.31. The molecule has 1 aliphatic rings. The van der Waals surface area contributed by atoms with Gasteiger partial charge in [-0.15, -0.1) is 0 Å². The number of hydrogen-bond acceptors (Lipinski definition) is 5. The third-order valence-electron chi connectivity index (χ3n) is 3.96. The highest BCUT2D eigenvalue weighted by atomic mass is 32.2. The normalized spacial score (nSPS) is 22.6. The molecule has 2 aromatic carbocycles. The van der Waals surface area contributed by atoms with Crippen LogP contribution in [-0.2, 0) is 19.9 Å². The van der Waals surface area contributed by atoms with Gasteiger partial charge in [-0.25, -0.2) is 21.2 Å². The van der Waals surface area contributed by atoms with Crippen LogP contribution < -0.4 is 4.31 Å². The van der Waals surface area contributed by atoms with Crippen molar-refractivity contribution in [2.75, 3.05) is 15.8 Å². The molecule has 1 N–H and O–H groups in total. The van der Waals surface area contributed by atoms with E-state index in [1.807, 2.05) is 0 Å². The Morgan fingerprint density at radius 2 is 1.72 bits per heavy atom. The molecule has 0 bridgehead atoms. The summed E-state index contributed by atoms with van der Waals surface area (Å²) in [4.78, 5) is -0.0734. The Morgan fingerprint density at radius 3 is 2.28 bits per heavy atom. The van der Waals surface area contributed by atoms with E-state index in [-0.39, 0.29) is 10.6 Å². The fourth-order valence-electron chi connectivity index (χ4n) is 2.86.